The molecule has 2 atom stereocenters. The monoisotopic (exact) mass is 347 g/mol. The normalized spacial score (nSPS) is 24.1. The van der Waals surface area contributed by atoms with E-state index in [1.54, 1.807) is 0 Å². The highest BCUT2D eigenvalue weighted by Gasteiger charge is 2.28. The number of aliphatic hydroxyl groups excluding tert-OH is 1. The van der Waals surface area contributed by atoms with Crippen LogP contribution in [0.4, 0.5) is 0 Å². The lowest BCUT2D eigenvalue weighted by Crippen LogP contribution is -2.36. The van der Waals surface area contributed by atoms with Crippen LogP contribution in [0.15, 0.2) is 24.3 Å². The van der Waals surface area contributed by atoms with Crippen LogP contribution < -0.4 is 0 Å². The van der Waals surface area contributed by atoms with Crippen LogP contribution in [0.2, 0.25) is 0 Å². The van der Waals surface area contributed by atoms with Crippen molar-refractivity contribution >= 4 is 0 Å². The van der Waals surface area contributed by atoms with Crippen molar-refractivity contribution in [3.63, 3.8) is 0 Å². The Morgan fingerprint density at radius 1 is 1.16 bits per heavy atom. The van der Waals surface area contributed by atoms with Crippen LogP contribution in [-0.4, -0.2) is 55.1 Å². The van der Waals surface area contributed by atoms with Gasteiger partial charge in [0.2, 0.25) is 0 Å². The van der Waals surface area contributed by atoms with E-state index in [4.69, 9.17) is 9.47 Å². The second kappa shape index (κ2) is 9.13. The number of rotatable bonds is 7. The minimum absolute atomic E-state index is 0.251. The molecule has 1 aromatic rings. The number of likely N-dealkylation sites (tertiary alicyclic amines) is 1. The van der Waals surface area contributed by atoms with Crippen LogP contribution in [-0.2, 0) is 9.47 Å². The van der Waals surface area contributed by atoms with Gasteiger partial charge in [-0.05, 0) is 49.3 Å². The van der Waals surface area contributed by atoms with E-state index in [2.05, 4.69) is 43.0 Å². The maximum atomic E-state index is 10.4. The minimum Gasteiger partial charge on any atom is -0.389 e. The number of aliphatic hydroxyl groups is 1. The molecule has 25 heavy (non-hydrogen) atoms. The van der Waals surface area contributed by atoms with Crippen molar-refractivity contribution in [2.45, 2.75) is 63.7 Å². The van der Waals surface area contributed by atoms with Crippen LogP contribution in [0.3, 0.4) is 0 Å². The second-order valence-corrected chi connectivity index (χ2v) is 7.77. The van der Waals surface area contributed by atoms with Crippen LogP contribution in [0, 0.1) is 0 Å². The smallest absolute Gasteiger partial charge is 0.0900 e. The van der Waals surface area contributed by atoms with Gasteiger partial charge >= 0.3 is 0 Å². The van der Waals surface area contributed by atoms with E-state index in [1.165, 1.54) is 24.0 Å². The maximum absolute atomic E-state index is 10.4. The molecule has 0 saturated carbocycles. The van der Waals surface area contributed by atoms with Gasteiger partial charge in [0.25, 0.3) is 0 Å². The van der Waals surface area contributed by atoms with Crippen molar-refractivity contribution in [3.8, 4) is 0 Å². The average molecular weight is 347 g/mol. The molecule has 2 fully saturated rings. The predicted octanol–water partition coefficient (Wildman–Crippen LogP) is 3.50. The Morgan fingerprint density at radius 3 is 2.56 bits per heavy atom. The van der Waals surface area contributed by atoms with Crippen molar-refractivity contribution in [1.82, 2.24) is 4.90 Å². The molecule has 1 N–H and O–H groups in total. The molecule has 0 bridgehead atoms. The fourth-order valence-corrected chi connectivity index (χ4v) is 3.94. The molecule has 1 aromatic carbocycles. The van der Waals surface area contributed by atoms with E-state index in [9.17, 15) is 5.11 Å². The molecule has 0 aliphatic carbocycles. The van der Waals surface area contributed by atoms with Crippen LogP contribution in [0.25, 0.3) is 0 Å². The van der Waals surface area contributed by atoms with Gasteiger partial charge in [-0.1, -0.05) is 38.1 Å². The van der Waals surface area contributed by atoms with Gasteiger partial charge in [0.15, 0.2) is 0 Å². The number of hydrogen-bond donors (Lipinski definition) is 1. The first-order chi connectivity index (χ1) is 12.1. The Hall–Kier alpha value is -0.940. The zero-order valence-corrected chi connectivity index (χ0v) is 15.7. The van der Waals surface area contributed by atoms with Crippen LogP contribution >= 0.6 is 0 Å². The highest BCUT2D eigenvalue weighted by molar-refractivity contribution is 5.27. The van der Waals surface area contributed by atoms with Crippen molar-refractivity contribution in [2.24, 2.45) is 0 Å². The lowest BCUT2D eigenvalue weighted by atomic mass is 9.98. The molecular weight excluding hydrogens is 314 g/mol. The molecule has 4 nitrogen and oxygen atoms in total. The summed E-state index contributed by atoms with van der Waals surface area (Å²) >= 11 is 0. The summed E-state index contributed by atoms with van der Waals surface area (Å²) in [6, 6.07) is 9.47. The quantitative estimate of drug-likeness (QED) is 0.820. The molecule has 2 heterocycles. The number of hydrogen-bond acceptors (Lipinski definition) is 4. The molecule has 3 rings (SSSR count). The third-order valence-corrected chi connectivity index (χ3v) is 5.49. The van der Waals surface area contributed by atoms with E-state index in [1.807, 2.05) is 0 Å². The first-order valence-electron chi connectivity index (χ1n) is 9.85. The summed E-state index contributed by atoms with van der Waals surface area (Å²) in [7, 11) is 0. The molecule has 2 unspecified atom stereocenters. The number of benzene rings is 1. The second-order valence-electron chi connectivity index (χ2n) is 7.77. The van der Waals surface area contributed by atoms with E-state index in [0.29, 0.717) is 25.1 Å². The largest absolute Gasteiger partial charge is 0.389 e. The highest BCUT2D eigenvalue weighted by Crippen LogP contribution is 2.32. The first-order valence-corrected chi connectivity index (χ1v) is 9.85. The molecule has 2 aliphatic heterocycles. The van der Waals surface area contributed by atoms with Gasteiger partial charge in [-0.2, -0.15) is 0 Å². The molecule has 2 aliphatic rings. The Labute approximate surface area is 152 Å². The number of nitrogens with zero attached hydrogens (tertiary/aromatic N) is 1. The molecular formula is C21H33NO3. The lowest BCUT2D eigenvalue weighted by molar-refractivity contribution is -0.0647. The van der Waals surface area contributed by atoms with Gasteiger partial charge in [-0.25, -0.2) is 0 Å². The summed E-state index contributed by atoms with van der Waals surface area (Å²) in [5.41, 5.74) is 2.76. The van der Waals surface area contributed by atoms with Gasteiger partial charge in [-0.3, -0.25) is 4.90 Å². The molecule has 2 saturated heterocycles. The SMILES string of the molecule is CC(C)c1ccc(C2CCCN2CC(O)COC2CCOCC2)cc1. The third kappa shape index (κ3) is 5.27. The average Bonchev–Trinajstić information content (AvgIpc) is 3.09. The zero-order valence-electron chi connectivity index (χ0n) is 15.7. The zero-order chi connectivity index (χ0) is 17.6. The molecule has 0 spiro atoms. The summed E-state index contributed by atoms with van der Waals surface area (Å²) in [4.78, 5) is 2.42. The number of ether oxygens (including phenoxy) is 2. The fraction of sp³-hybridized carbons (Fsp3) is 0.714. The van der Waals surface area contributed by atoms with Gasteiger partial charge in [0.1, 0.15) is 0 Å². The Balaban J connectivity index is 1.50. The van der Waals surface area contributed by atoms with E-state index >= 15 is 0 Å². The summed E-state index contributed by atoms with van der Waals surface area (Å²) in [5, 5.41) is 10.4. The summed E-state index contributed by atoms with van der Waals surface area (Å²) in [5.74, 6) is 0.567. The maximum Gasteiger partial charge on any atom is 0.0900 e. The lowest BCUT2D eigenvalue weighted by Gasteiger charge is -2.29. The minimum atomic E-state index is -0.418. The number of β-amino-alcohol motifs (C(OH)–C–C–N with tert-alkyl or cyclic N) is 1. The predicted molar refractivity (Wildman–Crippen MR) is 99.9 cm³/mol. The standard InChI is InChI=1S/C21H33NO3/c1-16(2)17-5-7-18(8-6-17)21-4-3-11-22(21)14-19(23)15-25-20-9-12-24-13-10-20/h5-8,16,19-21,23H,3-4,9-15H2,1-2H3. The molecule has 0 radical (unpaired) electrons. The van der Waals surface area contributed by atoms with Gasteiger partial charge in [0.05, 0.1) is 18.8 Å². The fourth-order valence-electron chi connectivity index (χ4n) is 3.94. The van der Waals surface area contributed by atoms with Gasteiger partial charge in [0, 0.05) is 25.8 Å². The van der Waals surface area contributed by atoms with E-state index < -0.39 is 6.10 Å². The van der Waals surface area contributed by atoms with E-state index in [0.717, 1.165) is 32.6 Å². The van der Waals surface area contributed by atoms with E-state index in [-0.39, 0.29) is 6.10 Å². The molecule has 0 aromatic heterocycles. The van der Waals surface area contributed by atoms with Gasteiger partial charge < -0.3 is 14.6 Å². The van der Waals surface area contributed by atoms with Crippen molar-refractivity contribution < 1.29 is 14.6 Å². The van der Waals surface area contributed by atoms with Crippen molar-refractivity contribution in [1.29, 1.82) is 0 Å². The van der Waals surface area contributed by atoms with Gasteiger partial charge in [-0.15, -0.1) is 0 Å². The Kier molecular flexibility index (Phi) is 6.88. The Bertz CT molecular complexity index is 510. The molecule has 0 amide bonds. The summed E-state index contributed by atoms with van der Waals surface area (Å²) in [6.45, 7) is 8.20. The Morgan fingerprint density at radius 2 is 1.88 bits per heavy atom. The first kappa shape index (κ1) is 18.8. The molecule has 4 heteroatoms. The summed E-state index contributed by atoms with van der Waals surface area (Å²) in [6.07, 6.45) is 4.10. The molecule has 140 valence electrons. The third-order valence-electron chi connectivity index (χ3n) is 5.49. The topological polar surface area (TPSA) is 41.9 Å². The van der Waals surface area contributed by atoms with Crippen LogP contribution in [0.1, 0.15) is 62.6 Å². The van der Waals surface area contributed by atoms with Crippen molar-refractivity contribution in [3.05, 3.63) is 35.4 Å². The van der Waals surface area contributed by atoms with Crippen molar-refractivity contribution in [2.75, 3.05) is 32.9 Å². The summed E-state index contributed by atoms with van der Waals surface area (Å²) < 4.78 is 11.2. The highest BCUT2D eigenvalue weighted by atomic mass is 16.5. The van der Waals surface area contributed by atoms with Crippen LogP contribution in [0.5, 0.6) is 0 Å².